The molecule has 2 rings (SSSR count). The molecule has 0 bridgehead atoms. The normalized spacial score (nSPS) is 24.5. The number of halogens is 3. The molecule has 5 atom stereocenters. The number of aliphatic hydroxyl groups excluding tert-OH is 3. The smallest absolute Gasteiger partial charge is 0.416 e. The Hall–Kier alpha value is -2.36. The molecule has 0 spiro atoms. The van der Waals surface area contributed by atoms with Gasteiger partial charge >= 0.3 is 12.1 Å². The lowest BCUT2D eigenvalue weighted by Crippen LogP contribution is -2.22. The number of hydrogen-bond donors (Lipinski definition) is 3. The van der Waals surface area contributed by atoms with Crippen LogP contribution in [-0.2, 0) is 15.7 Å². The standard InChI is InChI=1S/C24H31F3O6/c1-32-23(31)10-5-3-2-4-9-19-20(22(30)14-21(19)29)12-11-17(28)15-33-18-8-6-7-16(13-18)24(25,26)27/h5-8,10-13,17,19-22,28-30H,2-4,9,14-15H2,1H3/b10-5-,12-11+/t17-,19-,20-,21+,22-/m1/s1. The lowest BCUT2D eigenvalue weighted by atomic mass is 9.88. The molecule has 0 aliphatic heterocycles. The highest BCUT2D eigenvalue weighted by molar-refractivity contribution is 5.81. The largest absolute Gasteiger partial charge is 0.491 e. The van der Waals surface area contributed by atoms with E-state index >= 15 is 0 Å². The fourth-order valence-corrected chi connectivity index (χ4v) is 3.92. The SMILES string of the molecule is COC(=O)/C=C\CCCC[C@@H]1[C@@H](/C=C/[C@@H](O)COc2cccc(C(F)(F)F)c2)[C@H](O)C[C@@H]1O. The Labute approximate surface area is 191 Å². The molecule has 0 radical (unpaired) electrons. The van der Waals surface area contributed by atoms with Crippen LogP contribution in [0.3, 0.4) is 0 Å². The lowest BCUT2D eigenvalue weighted by Gasteiger charge is -2.21. The third-order valence-electron chi connectivity index (χ3n) is 5.67. The number of ether oxygens (including phenoxy) is 2. The Morgan fingerprint density at radius 3 is 2.70 bits per heavy atom. The highest BCUT2D eigenvalue weighted by Crippen LogP contribution is 2.37. The first-order chi connectivity index (χ1) is 15.6. The van der Waals surface area contributed by atoms with Crippen LogP contribution in [0.5, 0.6) is 5.75 Å². The average molecular weight is 473 g/mol. The van der Waals surface area contributed by atoms with E-state index in [9.17, 15) is 33.3 Å². The fourth-order valence-electron chi connectivity index (χ4n) is 3.92. The molecular formula is C24H31F3O6. The summed E-state index contributed by atoms with van der Waals surface area (Å²) < 4.78 is 48.1. The van der Waals surface area contributed by atoms with Gasteiger partial charge in [-0.1, -0.05) is 30.7 Å². The number of esters is 1. The van der Waals surface area contributed by atoms with Gasteiger partial charge in [0.25, 0.3) is 0 Å². The minimum absolute atomic E-state index is 0.00674. The Morgan fingerprint density at radius 1 is 1.24 bits per heavy atom. The molecule has 0 saturated heterocycles. The second-order valence-corrected chi connectivity index (χ2v) is 8.11. The van der Waals surface area contributed by atoms with Crippen molar-refractivity contribution < 1.29 is 42.8 Å². The van der Waals surface area contributed by atoms with Crippen LogP contribution in [0, 0.1) is 11.8 Å². The van der Waals surface area contributed by atoms with E-state index < -0.39 is 36.0 Å². The highest BCUT2D eigenvalue weighted by Gasteiger charge is 2.39. The summed E-state index contributed by atoms with van der Waals surface area (Å²) in [6, 6.07) is 4.40. The molecule has 1 aliphatic carbocycles. The van der Waals surface area contributed by atoms with Gasteiger partial charge in [0.2, 0.25) is 0 Å². The number of aliphatic hydroxyl groups is 3. The number of allylic oxidation sites excluding steroid dienone is 1. The monoisotopic (exact) mass is 472 g/mol. The first kappa shape index (κ1) is 26.9. The van der Waals surface area contributed by atoms with Gasteiger partial charge in [-0.05, 0) is 43.4 Å². The summed E-state index contributed by atoms with van der Waals surface area (Å²) in [6.45, 7) is -0.250. The summed E-state index contributed by atoms with van der Waals surface area (Å²) in [7, 11) is 1.31. The van der Waals surface area contributed by atoms with Crippen LogP contribution in [0.1, 0.15) is 37.7 Å². The van der Waals surface area contributed by atoms with Crippen molar-refractivity contribution in [2.24, 2.45) is 11.8 Å². The fraction of sp³-hybridized carbons (Fsp3) is 0.542. The lowest BCUT2D eigenvalue weighted by molar-refractivity contribution is -0.137. The topological polar surface area (TPSA) is 96.2 Å². The van der Waals surface area contributed by atoms with Crippen molar-refractivity contribution in [1.29, 1.82) is 0 Å². The summed E-state index contributed by atoms with van der Waals surface area (Å²) in [6.07, 6.45) is 2.35. The van der Waals surface area contributed by atoms with Crippen LogP contribution < -0.4 is 4.74 Å². The maximum atomic E-state index is 12.8. The molecule has 0 unspecified atom stereocenters. The van der Waals surface area contributed by atoms with E-state index in [0.29, 0.717) is 12.8 Å². The van der Waals surface area contributed by atoms with Gasteiger partial charge in [-0.3, -0.25) is 0 Å². The predicted molar refractivity (Wildman–Crippen MR) is 115 cm³/mol. The highest BCUT2D eigenvalue weighted by atomic mass is 19.4. The van der Waals surface area contributed by atoms with Crippen LogP contribution in [0.15, 0.2) is 48.6 Å². The first-order valence-electron chi connectivity index (χ1n) is 10.9. The number of methoxy groups -OCH3 is 1. The maximum absolute atomic E-state index is 12.8. The molecule has 0 heterocycles. The molecule has 33 heavy (non-hydrogen) atoms. The van der Waals surface area contributed by atoms with Gasteiger partial charge in [-0.2, -0.15) is 13.2 Å². The Balaban J connectivity index is 1.84. The molecule has 6 nitrogen and oxygen atoms in total. The molecule has 1 aromatic rings. The Bertz CT molecular complexity index is 808. The van der Waals surface area contributed by atoms with E-state index in [1.807, 2.05) is 0 Å². The molecule has 184 valence electrons. The number of rotatable bonds is 11. The van der Waals surface area contributed by atoms with E-state index in [1.165, 1.54) is 31.4 Å². The minimum Gasteiger partial charge on any atom is -0.491 e. The summed E-state index contributed by atoms with van der Waals surface area (Å²) in [5.41, 5.74) is -0.836. The van der Waals surface area contributed by atoms with Gasteiger partial charge in [0.1, 0.15) is 18.5 Å². The van der Waals surface area contributed by atoms with E-state index in [1.54, 1.807) is 12.2 Å². The first-order valence-corrected chi connectivity index (χ1v) is 10.9. The van der Waals surface area contributed by atoms with E-state index in [4.69, 9.17) is 4.74 Å². The number of hydrogen-bond acceptors (Lipinski definition) is 6. The summed E-state index contributed by atoms with van der Waals surface area (Å²) in [4.78, 5) is 11.0. The molecule has 1 fully saturated rings. The second-order valence-electron chi connectivity index (χ2n) is 8.11. The molecule has 9 heteroatoms. The van der Waals surface area contributed by atoms with Crippen molar-refractivity contribution in [3.05, 3.63) is 54.1 Å². The van der Waals surface area contributed by atoms with Crippen molar-refractivity contribution >= 4 is 5.97 Å². The quantitative estimate of drug-likeness (QED) is 0.197. The molecule has 1 aliphatic rings. The third-order valence-corrected chi connectivity index (χ3v) is 5.67. The van der Waals surface area contributed by atoms with Crippen LogP contribution in [0.4, 0.5) is 13.2 Å². The van der Waals surface area contributed by atoms with Gasteiger partial charge in [-0.15, -0.1) is 0 Å². The van der Waals surface area contributed by atoms with Gasteiger partial charge < -0.3 is 24.8 Å². The molecule has 3 N–H and O–H groups in total. The second kappa shape index (κ2) is 12.8. The zero-order valence-corrected chi connectivity index (χ0v) is 18.4. The van der Waals surface area contributed by atoms with E-state index in [-0.39, 0.29) is 30.6 Å². The Morgan fingerprint density at radius 2 is 2.00 bits per heavy atom. The van der Waals surface area contributed by atoms with Crippen LogP contribution >= 0.6 is 0 Å². The third kappa shape index (κ3) is 8.83. The molecule has 1 saturated carbocycles. The molecule has 0 amide bonds. The van der Waals surface area contributed by atoms with Gasteiger partial charge in [0.15, 0.2) is 0 Å². The maximum Gasteiger partial charge on any atom is 0.416 e. The average Bonchev–Trinajstić information content (AvgIpc) is 3.04. The zero-order chi connectivity index (χ0) is 24.4. The summed E-state index contributed by atoms with van der Waals surface area (Å²) in [5, 5.41) is 30.7. The minimum atomic E-state index is -4.48. The molecule has 1 aromatic carbocycles. The molecular weight excluding hydrogens is 441 g/mol. The van der Waals surface area contributed by atoms with Crippen molar-refractivity contribution in [3.8, 4) is 5.75 Å². The van der Waals surface area contributed by atoms with Gasteiger partial charge in [0, 0.05) is 18.4 Å². The van der Waals surface area contributed by atoms with Crippen molar-refractivity contribution in [2.45, 2.75) is 56.6 Å². The van der Waals surface area contributed by atoms with Crippen LogP contribution in [-0.4, -0.2) is 53.3 Å². The molecule has 0 aromatic heterocycles. The Kier molecular flexibility index (Phi) is 10.4. The van der Waals surface area contributed by atoms with Gasteiger partial charge in [0.05, 0.1) is 24.9 Å². The number of benzene rings is 1. The summed E-state index contributed by atoms with van der Waals surface area (Å²) >= 11 is 0. The van der Waals surface area contributed by atoms with Gasteiger partial charge in [-0.25, -0.2) is 4.79 Å². The summed E-state index contributed by atoms with van der Waals surface area (Å²) in [5.74, 6) is -0.955. The van der Waals surface area contributed by atoms with Crippen molar-refractivity contribution in [2.75, 3.05) is 13.7 Å². The van der Waals surface area contributed by atoms with Crippen LogP contribution in [0.25, 0.3) is 0 Å². The van der Waals surface area contributed by atoms with Crippen molar-refractivity contribution in [1.82, 2.24) is 0 Å². The van der Waals surface area contributed by atoms with Crippen molar-refractivity contribution in [3.63, 3.8) is 0 Å². The zero-order valence-electron chi connectivity index (χ0n) is 18.4. The van der Waals surface area contributed by atoms with E-state index in [0.717, 1.165) is 25.0 Å². The van der Waals surface area contributed by atoms with Crippen LogP contribution in [0.2, 0.25) is 0 Å². The predicted octanol–water partition coefficient (Wildman–Crippen LogP) is 3.65. The number of carbonyl (C=O) groups is 1. The number of alkyl halides is 3. The van der Waals surface area contributed by atoms with E-state index in [2.05, 4.69) is 4.74 Å². The number of carbonyl (C=O) groups excluding carboxylic acids is 1. The number of unbranched alkanes of at least 4 members (excludes halogenated alkanes) is 2.